The largest absolute Gasteiger partial charge is 0.388 e. The van der Waals surface area contributed by atoms with Crippen LogP contribution in [0.1, 0.15) is 27.2 Å². The van der Waals surface area contributed by atoms with Crippen molar-refractivity contribution in [3.63, 3.8) is 0 Å². The maximum atomic E-state index is 9.26. The molecule has 1 N–H and O–H groups in total. The second kappa shape index (κ2) is 5.51. The van der Waals surface area contributed by atoms with Gasteiger partial charge in [0, 0.05) is 7.11 Å². The van der Waals surface area contributed by atoms with Crippen molar-refractivity contribution >= 4 is 0 Å². The van der Waals surface area contributed by atoms with Gasteiger partial charge in [-0.2, -0.15) is 0 Å². The maximum absolute atomic E-state index is 9.26. The molecule has 0 aromatic rings. The summed E-state index contributed by atoms with van der Waals surface area (Å²) in [4.78, 5) is 0. The van der Waals surface area contributed by atoms with Gasteiger partial charge in [-0.05, 0) is 20.3 Å². The molecule has 0 saturated heterocycles. The van der Waals surface area contributed by atoms with Crippen molar-refractivity contribution in [2.75, 3.05) is 20.3 Å². The van der Waals surface area contributed by atoms with Crippen LogP contribution >= 0.6 is 0 Å². The quantitative estimate of drug-likeness (QED) is 0.661. The van der Waals surface area contributed by atoms with Crippen molar-refractivity contribution in [3.8, 4) is 0 Å². The average Bonchev–Trinajstić information content (AvgIpc) is 2.02. The molecule has 0 radical (unpaired) electrons. The molecule has 0 amide bonds. The molecule has 0 aromatic carbocycles. The number of aliphatic hydroxyl groups excluding tert-OH is 1. The van der Waals surface area contributed by atoms with Crippen LogP contribution in [-0.2, 0) is 9.47 Å². The van der Waals surface area contributed by atoms with E-state index in [1.807, 2.05) is 13.8 Å². The van der Waals surface area contributed by atoms with Crippen LogP contribution < -0.4 is 0 Å². The van der Waals surface area contributed by atoms with E-state index in [0.29, 0.717) is 13.2 Å². The number of methoxy groups -OCH3 is 1. The Bertz CT molecular complexity index is 112. The molecule has 12 heavy (non-hydrogen) atoms. The van der Waals surface area contributed by atoms with Gasteiger partial charge in [0.25, 0.3) is 0 Å². The van der Waals surface area contributed by atoms with Crippen molar-refractivity contribution in [1.82, 2.24) is 0 Å². The van der Waals surface area contributed by atoms with Gasteiger partial charge < -0.3 is 14.6 Å². The Hall–Kier alpha value is -0.120. The van der Waals surface area contributed by atoms with Gasteiger partial charge in [0.05, 0.1) is 18.8 Å². The van der Waals surface area contributed by atoms with E-state index in [0.717, 1.165) is 6.42 Å². The second-order valence-corrected chi connectivity index (χ2v) is 3.53. The van der Waals surface area contributed by atoms with Gasteiger partial charge in [-0.25, -0.2) is 0 Å². The molecule has 0 aliphatic carbocycles. The summed E-state index contributed by atoms with van der Waals surface area (Å²) in [5.41, 5.74) is -0.144. The Morgan fingerprint density at radius 3 is 2.33 bits per heavy atom. The van der Waals surface area contributed by atoms with E-state index in [2.05, 4.69) is 6.92 Å². The van der Waals surface area contributed by atoms with Gasteiger partial charge in [0.15, 0.2) is 0 Å². The van der Waals surface area contributed by atoms with E-state index >= 15 is 0 Å². The fraction of sp³-hybridized carbons (Fsp3) is 1.00. The molecular formula is C9H20O3. The third-order valence-electron chi connectivity index (χ3n) is 1.88. The highest BCUT2D eigenvalue weighted by Gasteiger charge is 2.16. The van der Waals surface area contributed by atoms with Gasteiger partial charge in [0.1, 0.15) is 6.10 Å². The Morgan fingerprint density at radius 1 is 1.33 bits per heavy atom. The molecule has 0 rings (SSSR count). The predicted molar refractivity (Wildman–Crippen MR) is 48.2 cm³/mol. The third kappa shape index (κ3) is 5.52. The van der Waals surface area contributed by atoms with E-state index in [-0.39, 0.29) is 5.60 Å². The Kier molecular flexibility index (Phi) is 5.46. The highest BCUT2D eigenvalue weighted by Crippen LogP contribution is 2.13. The summed E-state index contributed by atoms with van der Waals surface area (Å²) in [5, 5.41) is 9.26. The molecule has 74 valence electrons. The van der Waals surface area contributed by atoms with Gasteiger partial charge in [-0.15, -0.1) is 0 Å². The smallest absolute Gasteiger partial charge is 0.101 e. The molecule has 3 nitrogen and oxygen atoms in total. The van der Waals surface area contributed by atoms with E-state index < -0.39 is 6.10 Å². The lowest BCUT2D eigenvalue weighted by Gasteiger charge is -2.24. The predicted octanol–water partition coefficient (Wildman–Crippen LogP) is 1.20. The van der Waals surface area contributed by atoms with E-state index in [1.165, 1.54) is 0 Å². The highest BCUT2D eigenvalue weighted by molar-refractivity contribution is 4.66. The SMILES string of the molecule is CCC(C)(C)OCC(O)COC. The Labute approximate surface area is 74.7 Å². The molecule has 0 saturated carbocycles. The molecule has 0 aromatic heterocycles. The van der Waals surface area contributed by atoms with Crippen molar-refractivity contribution in [2.24, 2.45) is 0 Å². The fourth-order valence-electron chi connectivity index (χ4n) is 0.664. The normalized spacial score (nSPS) is 14.8. The van der Waals surface area contributed by atoms with Gasteiger partial charge in [0.2, 0.25) is 0 Å². The molecule has 3 heteroatoms. The minimum Gasteiger partial charge on any atom is -0.388 e. The first-order chi connectivity index (χ1) is 5.52. The Morgan fingerprint density at radius 2 is 1.92 bits per heavy atom. The summed E-state index contributed by atoms with van der Waals surface area (Å²) in [7, 11) is 1.56. The van der Waals surface area contributed by atoms with Gasteiger partial charge in [-0.3, -0.25) is 0 Å². The van der Waals surface area contributed by atoms with Crippen LogP contribution in [0.5, 0.6) is 0 Å². The molecule has 0 spiro atoms. The molecule has 1 unspecified atom stereocenters. The minimum absolute atomic E-state index is 0.144. The number of ether oxygens (including phenoxy) is 2. The zero-order valence-electron chi connectivity index (χ0n) is 8.46. The maximum Gasteiger partial charge on any atom is 0.101 e. The van der Waals surface area contributed by atoms with Crippen LogP contribution in [-0.4, -0.2) is 37.1 Å². The van der Waals surface area contributed by atoms with Crippen molar-refractivity contribution < 1.29 is 14.6 Å². The van der Waals surface area contributed by atoms with Crippen LogP contribution in [0, 0.1) is 0 Å². The lowest BCUT2D eigenvalue weighted by atomic mass is 10.1. The first kappa shape index (κ1) is 11.9. The van der Waals surface area contributed by atoms with Crippen molar-refractivity contribution in [3.05, 3.63) is 0 Å². The van der Waals surface area contributed by atoms with Gasteiger partial charge in [-0.1, -0.05) is 6.92 Å². The third-order valence-corrected chi connectivity index (χ3v) is 1.88. The summed E-state index contributed by atoms with van der Waals surface area (Å²) in [6, 6.07) is 0. The first-order valence-corrected chi connectivity index (χ1v) is 4.33. The van der Waals surface area contributed by atoms with Crippen LogP contribution in [0.3, 0.4) is 0 Å². The number of hydrogen-bond donors (Lipinski definition) is 1. The summed E-state index contributed by atoms with van der Waals surface area (Å²) >= 11 is 0. The zero-order valence-corrected chi connectivity index (χ0v) is 8.46. The summed E-state index contributed by atoms with van der Waals surface area (Å²) in [6.45, 7) is 6.75. The molecule has 0 fully saturated rings. The van der Waals surface area contributed by atoms with Crippen LogP contribution in [0.4, 0.5) is 0 Å². The van der Waals surface area contributed by atoms with Crippen molar-refractivity contribution in [2.45, 2.75) is 38.9 Å². The Balaban J connectivity index is 3.52. The minimum atomic E-state index is -0.513. The zero-order chi connectivity index (χ0) is 9.61. The van der Waals surface area contributed by atoms with Crippen LogP contribution in [0.25, 0.3) is 0 Å². The molecule has 1 atom stereocenters. The molecule has 0 aliphatic heterocycles. The summed E-state index contributed by atoms with van der Waals surface area (Å²) < 4.78 is 10.2. The van der Waals surface area contributed by atoms with Crippen LogP contribution in [0.15, 0.2) is 0 Å². The lowest BCUT2D eigenvalue weighted by molar-refractivity contribution is -0.0760. The monoisotopic (exact) mass is 176 g/mol. The number of hydrogen-bond acceptors (Lipinski definition) is 3. The number of rotatable bonds is 6. The van der Waals surface area contributed by atoms with Gasteiger partial charge >= 0.3 is 0 Å². The van der Waals surface area contributed by atoms with Crippen molar-refractivity contribution in [1.29, 1.82) is 0 Å². The van der Waals surface area contributed by atoms with Crippen LogP contribution in [0.2, 0.25) is 0 Å². The molecule has 0 bridgehead atoms. The second-order valence-electron chi connectivity index (χ2n) is 3.53. The topological polar surface area (TPSA) is 38.7 Å². The van der Waals surface area contributed by atoms with E-state index in [1.54, 1.807) is 7.11 Å². The standard InChI is InChI=1S/C9H20O3/c1-5-9(2,3)12-7-8(10)6-11-4/h8,10H,5-7H2,1-4H3. The van der Waals surface area contributed by atoms with E-state index in [4.69, 9.17) is 9.47 Å². The molecule has 0 heterocycles. The summed E-state index contributed by atoms with van der Waals surface area (Å²) in [5.74, 6) is 0. The summed E-state index contributed by atoms with van der Waals surface area (Å²) in [6.07, 6.45) is 0.424. The average molecular weight is 176 g/mol. The lowest BCUT2D eigenvalue weighted by Crippen LogP contribution is -2.30. The molecule has 0 aliphatic rings. The number of aliphatic hydroxyl groups is 1. The highest BCUT2D eigenvalue weighted by atomic mass is 16.5. The fourth-order valence-corrected chi connectivity index (χ4v) is 0.664. The first-order valence-electron chi connectivity index (χ1n) is 4.33. The molecular weight excluding hydrogens is 156 g/mol. The van der Waals surface area contributed by atoms with E-state index in [9.17, 15) is 5.11 Å².